The van der Waals surface area contributed by atoms with E-state index in [1.165, 1.54) is 30.5 Å². The predicted molar refractivity (Wildman–Crippen MR) is 112 cm³/mol. The molecule has 0 aliphatic rings. The lowest BCUT2D eigenvalue weighted by molar-refractivity contribution is 0.0954. The number of nitrogens with zero attached hydrogens (tertiary/aromatic N) is 1. The maximum absolute atomic E-state index is 12.4. The van der Waals surface area contributed by atoms with E-state index in [0.717, 1.165) is 11.1 Å². The number of hydrogen-bond acceptors (Lipinski definition) is 5. The average Bonchev–Trinajstić information content (AvgIpc) is 2.68. The van der Waals surface area contributed by atoms with E-state index in [9.17, 15) is 13.2 Å². The molecule has 0 fully saturated rings. The first-order valence-electron chi connectivity index (χ1n) is 8.85. The Hall–Kier alpha value is -3.45. The van der Waals surface area contributed by atoms with Gasteiger partial charge in [0.25, 0.3) is 5.91 Å². The third-order valence-corrected chi connectivity index (χ3v) is 5.40. The number of rotatable bonds is 6. The molecule has 3 aromatic carbocycles. The third kappa shape index (κ3) is 5.30. The number of carbonyl (C=O) groups is 1. The van der Waals surface area contributed by atoms with Gasteiger partial charge in [-0.1, -0.05) is 48.0 Å². The van der Waals surface area contributed by atoms with Crippen molar-refractivity contribution in [2.24, 2.45) is 5.10 Å². The van der Waals surface area contributed by atoms with Crippen LogP contribution in [0, 0.1) is 13.8 Å². The van der Waals surface area contributed by atoms with Gasteiger partial charge in [-0.2, -0.15) is 13.5 Å². The summed E-state index contributed by atoms with van der Waals surface area (Å²) < 4.78 is 30.0. The number of amides is 1. The van der Waals surface area contributed by atoms with E-state index in [0.29, 0.717) is 11.1 Å². The molecule has 0 aliphatic carbocycles. The Kier molecular flexibility index (Phi) is 6.09. The van der Waals surface area contributed by atoms with Crippen molar-refractivity contribution < 1.29 is 17.4 Å². The van der Waals surface area contributed by atoms with Gasteiger partial charge >= 0.3 is 10.1 Å². The second kappa shape index (κ2) is 8.70. The maximum atomic E-state index is 12.4. The molecular weight excluding hydrogens is 388 g/mol. The number of carbonyl (C=O) groups excluding carboxylic acids is 1. The Morgan fingerprint density at radius 2 is 1.69 bits per heavy atom. The molecule has 0 heterocycles. The second-order valence-electron chi connectivity index (χ2n) is 6.44. The molecule has 3 aromatic rings. The average molecular weight is 408 g/mol. The van der Waals surface area contributed by atoms with Gasteiger partial charge in [-0.3, -0.25) is 4.79 Å². The predicted octanol–water partition coefficient (Wildman–Crippen LogP) is 3.84. The van der Waals surface area contributed by atoms with Crippen molar-refractivity contribution in [3.63, 3.8) is 0 Å². The van der Waals surface area contributed by atoms with Crippen LogP contribution in [0.25, 0.3) is 0 Å². The standard InChI is InChI=1S/C22H20N2O4S/c1-16-10-12-20(13-11-16)29(26,27)28-19-8-5-7-18(14-19)15-23-24-22(25)21-9-4-3-6-17(21)2/h3-15H,1-2H3,(H,24,25). The minimum Gasteiger partial charge on any atom is -0.379 e. The molecule has 0 radical (unpaired) electrons. The summed E-state index contributed by atoms with van der Waals surface area (Å²) in [6.45, 7) is 3.71. The van der Waals surface area contributed by atoms with Gasteiger partial charge in [0, 0.05) is 5.56 Å². The zero-order valence-corrected chi connectivity index (χ0v) is 16.8. The van der Waals surface area contributed by atoms with Crippen LogP contribution in [0.2, 0.25) is 0 Å². The molecule has 0 aromatic heterocycles. The molecule has 0 saturated carbocycles. The first-order chi connectivity index (χ1) is 13.8. The van der Waals surface area contributed by atoms with Crippen molar-refractivity contribution in [3.8, 4) is 5.75 Å². The zero-order chi connectivity index (χ0) is 20.9. The minimum absolute atomic E-state index is 0.0765. The van der Waals surface area contributed by atoms with Crippen molar-refractivity contribution in [1.29, 1.82) is 0 Å². The van der Waals surface area contributed by atoms with Crippen LogP contribution >= 0.6 is 0 Å². The molecule has 3 rings (SSSR count). The Labute approximate surface area is 170 Å². The van der Waals surface area contributed by atoms with Crippen LogP contribution < -0.4 is 9.61 Å². The van der Waals surface area contributed by atoms with Crippen LogP contribution in [0.3, 0.4) is 0 Å². The minimum atomic E-state index is -3.94. The lowest BCUT2D eigenvalue weighted by Gasteiger charge is -2.08. The van der Waals surface area contributed by atoms with Gasteiger partial charge in [0.2, 0.25) is 0 Å². The first-order valence-corrected chi connectivity index (χ1v) is 10.3. The number of nitrogens with one attached hydrogen (secondary N) is 1. The quantitative estimate of drug-likeness (QED) is 0.382. The summed E-state index contributed by atoms with van der Waals surface area (Å²) in [5, 5.41) is 3.93. The molecule has 0 unspecified atom stereocenters. The van der Waals surface area contributed by atoms with Crippen molar-refractivity contribution in [3.05, 3.63) is 95.1 Å². The van der Waals surface area contributed by atoms with Crippen molar-refractivity contribution in [2.45, 2.75) is 18.7 Å². The molecule has 0 bridgehead atoms. The van der Waals surface area contributed by atoms with E-state index in [-0.39, 0.29) is 16.6 Å². The van der Waals surface area contributed by atoms with Crippen LogP contribution in [-0.2, 0) is 10.1 Å². The maximum Gasteiger partial charge on any atom is 0.339 e. The van der Waals surface area contributed by atoms with Gasteiger partial charge in [-0.15, -0.1) is 0 Å². The van der Waals surface area contributed by atoms with E-state index < -0.39 is 10.1 Å². The molecule has 0 aliphatic heterocycles. The summed E-state index contributed by atoms with van der Waals surface area (Å²) in [4.78, 5) is 12.2. The Balaban J connectivity index is 1.69. The van der Waals surface area contributed by atoms with E-state index in [2.05, 4.69) is 10.5 Å². The van der Waals surface area contributed by atoms with Crippen LogP contribution in [0.15, 0.2) is 82.8 Å². The number of benzene rings is 3. The number of aryl methyl sites for hydroxylation is 2. The summed E-state index contributed by atoms with van der Waals surface area (Å²) in [5.74, 6) is -0.173. The Bertz CT molecular complexity index is 1150. The van der Waals surface area contributed by atoms with E-state index in [4.69, 9.17) is 4.18 Å². The first kappa shape index (κ1) is 20.3. The normalized spacial score (nSPS) is 11.4. The van der Waals surface area contributed by atoms with Crippen LogP contribution in [0.4, 0.5) is 0 Å². The van der Waals surface area contributed by atoms with Gasteiger partial charge < -0.3 is 4.18 Å². The highest BCUT2D eigenvalue weighted by Crippen LogP contribution is 2.19. The monoisotopic (exact) mass is 408 g/mol. The zero-order valence-electron chi connectivity index (χ0n) is 16.0. The van der Waals surface area contributed by atoms with Gasteiger partial charge in [0.05, 0.1) is 6.21 Å². The highest BCUT2D eigenvalue weighted by molar-refractivity contribution is 7.87. The summed E-state index contributed by atoms with van der Waals surface area (Å²) in [7, 11) is -3.94. The molecule has 0 spiro atoms. The van der Waals surface area contributed by atoms with Gasteiger partial charge in [-0.05, 0) is 55.3 Å². The molecule has 1 N–H and O–H groups in total. The number of hydrazone groups is 1. The van der Waals surface area contributed by atoms with Crippen LogP contribution in [-0.4, -0.2) is 20.5 Å². The molecule has 29 heavy (non-hydrogen) atoms. The fraction of sp³-hybridized carbons (Fsp3) is 0.0909. The largest absolute Gasteiger partial charge is 0.379 e. The summed E-state index contributed by atoms with van der Waals surface area (Å²) in [6, 6.07) is 20.0. The van der Waals surface area contributed by atoms with Gasteiger partial charge in [0.15, 0.2) is 0 Å². The lowest BCUT2D eigenvalue weighted by atomic mass is 10.1. The van der Waals surface area contributed by atoms with E-state index >= 15 is 0 Å². The number of hydrogen-bond donors (Lipinski definition) is 1. The van der Waals surface area contributed by atoms with E-state index in [1.54, 1.807) is 36.4 Å². The van der Waals surface area contributed by atoms with Crippen molar-refractivity contribution in [1.82, 2.24) is 5.43 Å². The summed E-state index contributed by atoms with van der Waals surface area (Å²) in [6.07, 6.45) is 1.42. The smallest absolute Gasteiger partial charge is 0.339 e. The lowest BCUT2D eigenvalue weighted by Crippen LogP contribution is -2.18. The van der Waals surface area contributed by atoms with Crippen molar-refractivity contribution in [2.75, 3.05) is 0 Å². The molecule has 148 valence electrons. The van der Waals surface area contributed by atoms with Crippen molar-refractivity contribution >= 4 is 22.2 Å². The molecule has 7 heteroatoms. The highest BCUT2D eigenvalue weighted by Gasteiger charge is 2.16. The molecule has 1 amide bonds. The Morgan fingerprint density at radius 1 is 0.966 bits per heavy atom. The Morgan fingerprint density at radius 3 is 2.41 bits per heavy atom. The van der Waals surface area contributed by atoms with Crippen LogP contribution in [0.1, 0.15) is 27.0 Å². The highest BCUT2D eigenvalue weighted by atomic mass is 32.2. The molecule has 0 saturated heterocycles. The topological polar surface area (TPSA) is 84.8 Å². The second-order valence-corrected chi connectivity index (χ2v) is 7.98. The van der Waals surface area contributed by atoms with Gasteiger partial charge in [-0.25, -0.2) is 5.43 Å². The fourth-order valence-corrected chi connectivity index (χ4v) is 3.50. The van der Waals surface area contributed by atoms with Gasteiger partial charge in [0.1, 0.15) is 10.6 Å². The fourth-order valence-electron chi connectivity index (χ4n) is 2.58. The van der Waals surface area contributed by atoms with E-state index in [1.807, 2.05) is 26.0 Å². The van der Waals surface area contributed by atoms with Crippen LogP contribution in [0.5, 0.6) is 5.75 Å². The SMILES string of the molecule is Cc1ccc(S(=O)(=O)Oc2cccc(C=NNC(=O)c3ccccc3C)c2)cc1. The summed E-state index contributed by atoms with van der Waals surface area (Å²) in [5.41, 5.74) is 5.37. The summed E-state index contributed by atoms with van der Waals surface area (Å²) >= 11 is 0. The molecular formula is C22H20N2O4S. The third-order valence-electron chi connectivity index (χ3n) is 4.14. The molecule has 6 nitrogen and oxygen atoms in total. The molecule has 0 atom stereocenters.